The van der Waals surface area contributed by atoms with Crippen molar-refractivity contribution in [2.45, 2.75) is 26.2 Å². The Bertz CT molecular complexity index is 290. The van der Waals surface area contributed by atoms with Crippen molar-refractivity contribution in [3.05, 3.63) is 21.4 Å². The Balaban J connectivity index is 2.19. The van der Waals surface area contributed by atoms with Crippen LogP contribution < -0.4 is 0 Å². The van der Waals surface area contributed by atoms with Crippen molar-refractivity contribution in [3.8, 4) is 0 Å². The van der Waals surface area contributed by atoms with Gasteiger partial charge in [-0.15, -0.1) is 11.3 Å². The van der Waals surface area contributed by atoms with Crippen LogP contribution in [0.1, 0.15) is 27.7 Å². The van der Waals surface area contributed by atoms with E-state index in [0.717, 1.165) is 0 Å². The number of aryl methyl sites for hydroxylation is 2. The van der Waals surface area contributed by atoms with Crippen LogP contribution in [-0.4, -0.2) is 11.7 Å². The predicted octanol–water partition coefficient (Wildman–Crippen LogP) is 2.46. The Kier molecular flexibility index (Phi) is 1.97. The van der Waals surface area contributed by atoms with Crippen molar-refractivity contribution >= 4 is 11.3 Å². The lowest BCUT2D eigenvalue weighted by Gasteiger charge is -1.95. The number of rotatable bonds is 2. The smallest absolute Gasteiger partial charge is 0.0465 e. The van der Waals surface area contributed by atoms with E-state index in [1.165, 1.54) is 21.7 Å². The topological polar surface area (TPSA) is 20.2 Å². The average molecular weight is 182 g/mol. The van der Waals surface area contributed by atoms with Crippen molar-refractivity contribution in [2.24, 2.45) is 5.92 Å². The van der Waals surface area contributed by atoms with Gasteiger partial charge in [-0.25, -0.2) is 0 Å². The molecule has 1 aromatic rings. The molecular weight excluding hydrogens is 168 g/mol. The van der Waals surface area contributed by atoms with Gasteiger partial charge in [0.1, 0.15) is 0 Å². The van der Waals surface area contributed by atoms with Crippen molar-refractivity contribution < 1.29 is 5.11 Å². The highest BCUT2D eigenvalue weighted by Gasteiger charge is 2.38. The maximum Gasteiger partial charge on any atom is 0.0465 e. The quantitative estimate of drug-likeness (QED) is 0.745. The van der Waals surface area contributed by atoms with E-state index in [2.05, 4.69) is 19.9 Å². The lowest BCUT2D eigenvalue weighted by Crippen LogP contribution is -1.87. The van der Waals surface area contributed by atoms with Gasteiger partial charge < -0.3 is 5.11 Å². The predicted molar refractivity (Wildman–Crippen MR) is 51.7 cm³/mol. The minimum Gasteiger partial charge on any atom is -0.396 e. The zero-order chi connectivity index (χ0) is 8.72. The monoisotopic (exact) mass is 182 g/mol. The molecule has 0 spiro atoms. The van der Waals surface area contributed by atoms with Crippen LogP contribution in [0.5, 0.6) is 0 Å². The summed E-state index contributed by atoms with van der Waals surface area (Å²) in [5.41, 5.74) is 1.48. The van der Waals surface area contributed by atoms with Gasteiger partial charge in [-0.3, -0.25) is 0 Å². The zero-order valence-electron chi connectivity index (χ0n) is 7.50. The molecule has 0 radical (unpaired) electrons. The van der Waals surface area contributed by atoms with Crippen molar-refractivity contribution in [1.29, 1.82) is 0 Å². The van der Waals surface area contributed by atoms with E-state index >= 15 is 0 Å². The fraction of sp³-hybridized carbons (Fsp3) is 0.600. The van der Waals surface area contributed by atoms with E-state index < -0.39 is 0 Å². The molecule has 12 heavy (non-hydrogen) atoms. The van der Waals surface area contributed by atoms with E-state index in [-0.39, 0.29) is 0 Å². The summed E-state index contributed by atoms with van der Waals surface area (Å²) in [4.78, 5) is 2.83. The third kappa shape index (κ3) is 1.29. The van der Waals surface area contributed by atoms with Gasteiger partial charge >= 0.3 is 0 Å². The molecule has 1 N–H and O–H groups in total. The molecule has 1 heterocycles. The molecule has 0 amide bonds. The molecule has 1 fully saturated rings. The lowest BCUT2D eigenvalue weighted by molar-refractivity contribution is 0.274. The molecule has 66 valence electrons. The summed E-state index contributed by atoms with van der Waals surface area (Å²) in [5.74, 6) is 1.22. The third-order valence-corrected chi connectivity index (χ3v) is 3.62. The fourth-order valence-electron chi connectivity index (χ4n) is 1.85. The number of hydrogen-bond acceptors (Lipinski definition) is 2. The first-order chi connectivity index (χ1) is 5.72. The van der Waals surface area contributed by atoms with E-state index in [1.807, 2.05) is 11.3 Å². The Hall–Kier alpha value is -0.340. The summed E-state index contributed by atoms with van der Waals surface area (Å²) < 4.78 is 0. The Morgan fingerprint density at radius 3 is 2.75 bits per heavy atom. The van der Waals surface area contributed by atoms with Crippen LogP contribution in [0.25, 0.3) is 0 Å². The van der Waals surface area contributed by atoms with Gasteiger partial charge in [0.2, 0.25) is 0 Å². The lowest BCUT2D eigenvalue weighted by atomic mass is 10.1. The minimum absolute atomic E-state index is 0.360. The molecule has 0 aromatic carbocycles. The maximum atomic E-state index is 8.94. The van der Waals surface area contributed by atoms with Crippen LogP contribution in [-0.2, 0) is 0 Å². The fourth-order valence-corrected chi connectivity index (χ4v) is 2.85. The second kappa shape index (κ2) is 2.86. The van der Waals surface area contributed by atoms with Crippen LogP contribution >= 0.6 is 11.3 Å². The van der Waals surface area contributed by atoms with Gasteiger partial charge in [-0.2, -0.15) is 0 Å². The van der Waals surface area contributed by atoms with Crippen molar-refractivity contribution in [3.63, 3.8) is 0 Å². The molecule has 1 nitrogen and oxygen atoms in total. The summed E-state index contributed by atoms with van der Waals surface area (Å²) in [6.45, 7) is 4.69. The van der Waals surface area contributed by atoms with E-state index in [1.54, 1.807) is 0 Å². The maximum absolute atomic E-state index is 8.94. The normalized spacial score (nSPS) is 27.6. The number of hydrogen-bond donors (Lipinski definition) is 1. The van der Waals surface area contributed by atoms with E-state index in [9.17, 15) is 0 Å². The summed E-state index contributed by atoms with van der Waals surface area (Å²) in [6.07, 6.45) is 1.19. The second-order valence-corrected chi connectivity index (χ2v) is 5.11. The standard InChI is InChI=1S/C10H14OS/c1-6-3-9(7(2)12-6)10-4-8(10)5-11/h3,8,10-11H,4-5H2,1-2H3. The molecule has 1 aromatic heterocycles. The van der Waals surface area contributed by atoms with Crippen LogP contribution in [0.3, 0.4) is 0 Å². The highest BCUT2D eigenvalue weighted by atomic mass is 32.1. The molecule has 2 rings (SSSR count). The Morgan fingerprint density at radius 1 is 1.58 bits per heavy atom. The first-order valence-corrected chi connectivity index (χ1v) is 5.22. The molecule has 2 atom stereocenters. The molecule has 2 unspecified atom stereocenters. The SMILES string of the molecule is Cc1cc(C2CC2CO)c(C)s1. The molecule has 0 aliphatic heterocycles. The molecular formula is C10H14OS. The molecule has 2 heteroatoms. The van der Waals surface area contributed by atoms with E-state index in [0.29, 0.717) is 18.4 Å². The van der Waals surface area contributed by atoms with Gasteiger partial charge in [0.25, 0.3) is 0 Å². The summed E-state index contributed by atoms with van der Waals surface area (Å²) in [5, 5.41) is 8.94. The molecule has 1 aliphatic rings. The Morgan fingerprint density at radius 2 is 2.33 bits per heavy atom. The highest BCUT2D eigenvalue weighted by Crippen LogP contribution is 2.49. The summed E-state index contributed by atoms with van der Waals surface area (Å²) in [7, 11) is 0. The second-order valence-electron chi connectivity index (χ2n) is 3.65. The zero-order valence-corrected chi connectivity index (χ0v) is 8.32. The van der Waals surface area contributed by atoms with Gasteiger partial charge in [0.05, 0.1) is 0 Å². The molecule has 0 bridgehead atoms. The number of aliphatic hydroxyl groups excluding tert-OH is 1. The molecule has 1 aliphatic carbocycles. The van der Waals surface area contributed by atoms with Crippen LogP contribution in [0.2, 0.25) is 0 Å². The molecule has 1 saturated carbocycles. The van der Waals surface area contributed by atoms with Crippen molar-refractivity contribution in [2.75, 3.05) is 6.61 Å². The summed E-state index contributed by atoms with van der Waals surface area (Å²) in [6, 6.07) is 2.28. The highest BCUT2D eigenvalue weighted by molar-refractivity contribution is 7.12. The van der Waals surface area contributed by atoms with Gasteiger partial charge in [0, 0.05) is 16.4 Å². The van der Waals surface area contributed by atoms with Gasteiger partial charge in [-0.1, -0.05) is 0 Å². The van der Waals surface area contributed by atoms with Crippen molar-refractivity contribution in [1.82, 2.24) is 0 Å². The molecule has 0 saturated heterocycles. The van der Waals surface area contributed by atoms with Gasteiger partial charge in [0.15, 0.2) is 0 Å². The Labute approximate surface area is 77.0 Å². The minimum atomic E-state index is 0.360. The van der Waals surface area contributed by atoms with Crippen LogP contribution in [0.15, 0.2) is 6.07 Å². The number of thiophene rings is 1. The van der Waals surface area contributed by atoms with Gasteiger partial charge in [-0.05, 0) is 43.7 Å². The first kappa shape index (κ1) is 8.27. The third-order valence-electron chi connectivity index (χ3n) is 2.64. The average Bonchev–Trinajstić information content (AvgIpc) is 2.72. The largest absolute Gasteiger partial charge is 0.396 e. The summed E-state index contributed by atoms with van der Waals surface area (Å²) >= 11 is 1.87. The van der Waals surface area contributed by atoms with Crippen LogP contribution in [0.4, 0.5) is 0 Å². The van der Waals surface area contributed by atoms with Crippen LogP contribution in [0, 0.1) is 19.8 Å². The van der Waals surface area contributed by atoms with E-state index in [4.69, 9.17) is 5.11 Å². The number of aliphatic hydroxyl groups is 1. The first-order valence-electron chi connectivity index (χ1n) is 4.40.